The number of alkyl halides is 2. The molecule has 0 unspecified atom stereocenters. The largest absolute Gasteiger partial charge is 0.870 e. The molecular weight excluding hydrogens is 679 g/mol. The maximum Gasteiger partial charge on any atom is 0.387 e. The molecule has 1 heterocycles. The lowest BCUT2D eigenvalue weighted by Crippen LogP contribution is -2.21. The van der Waals surface area contributed by atoms with E-state index in [1.807, 2.05) is 0 Å². The smallest absolute Gasteiger partial charge is 0.387 e. The third-order valence-corrected chi connectivity index (χ3v) is 7.52. The number of pyridine rings is 1. The molecule has 0 spiro atoms. The number of aromatic amines is 1. The van der Waals surface area contributed by atoms with Gasteiger partial charge in [0.15, 0.2) is 30.5 Å². The van der Waals surface area contributed by atoms with E-state index in [2.05, 4.69) is 9.72 Å². The van der Waals surface area contributed by atoms with Gasteiger partial charge in [0, 0.05) is 18.1 Å². The van der Waals surface area contributed by atoms with Gasteiger partial charge >= 0.3 is 28.7 Å². The number of benzene rings is 2. The summed E-state index contributed by atoms with van der Waals surface area (Å²) in [6.07, 6.45) is 4.59. The van der Waals surface area contributed by atoms with Gasteiger partial charge in [-0.2, -0.15) is 17.2 Å². The van der Waals surface area contributed by atoms with Gasteiger partial charge < -0.3 is 33.3 Å². The number of methoxy groups -OCH3 is 1. The standard InChI is InChI=1S/C29H27Cl2F2NO10S.H2O/c1-39-25-10-18(44-45(2,37)38)6-7-19(25)28(36)41-15-27(35)42-24(11-20-21(30)12-34-13-22(20)31)17-5-8-23(43-29(32)33)26(9-17)40-14-16-3-4-16;/h5-10,12-13,16,24,29H,3-4,11,14-15H2,1-2H3;1H2/t24-;/m0./s1. The number of nitrogens with one attached hydrogen (secondary N) is 1. The van der Waals surface area contributed by atoms with Crippen LogP contribution in [0.15, 0.2) is 48.8 Å². The summed E-state index contributed by atoms with van der Waals surface area (Å²) in [5.41, 5.74) is 0.639. The third kappa shape index (κ3) is 10.6. The zero-order valence-corrected chi connectivity index (χ0v) is 26.7. The van der Waals surface area contributed by atoms with Gasteiger partial charge in [-0.3, -0.25) is 0 Å². The Kier molecular flexibility index (Phi) is 12.8. The van der Waals surface area contributed by atoms with E-state index in [0.717, 1.165) is 19.1 Å². The second kappa shape index (κ2) is 16.1. The Hall–Kier alpha value is -3.92. The Morgan fingerprint density at radius 1 is 1.02 bits per heavy atom. The van der Waals surface area contributed by atoms with Crippen molar-refractivity contribution in [1.29, 1.82) is 0 Å². The number of carbonyl (C=O) groups is 2. The van der Waals surface area contributed by atoms with Crippen molar-refractivity contribution >= 4 is 45.3 Å². The minimum Gasteiger partial charge on any atom is -0.870 e. The second-order valence-electron chi connectivity index (χ2n) is 9.88. The summed E-state index contributed by atoms with van der Waals surface area (Å²) in [6, 6.07) is 7.71. The maximum absolute atomic E-state index is 13.1. The Balaban J connectivity index is 0.00000576. The van der Waals surface area contributed by atoms with Crippen LogP contribution in [-0.4, -0.2) is 59.0 Å². The lowest BCUT2D eigenvalue weighted by atomic mass is 10.0. The SMILES string of the molecule is COc1cc(OS(C)(=O)=O)ccc1C(=O)OCC(=O)O[C@@H](Cc1c(Cl)c[nH+]cc1Cl)c1ccc(OC(F)F)c(OCC2CC2)c1.[OH-]. The van der Waals surface area contributed by atoms with Gasteiger partial charge in [-0.05, 0) is 48.6 Å². The van der Waals surface area contributed by atoms with E-state index in [1.54, 1.807) is 0 Å². The Morgan fingerprint density at radius 3 is 2.33 bits per heavy atom. The number of hydrogen-bond acceptors (Lipinski definition) is 11. The van der Waals surface area contributed by atoms with Crippen molar-refractivity contribution in [1.82, 2.24) is 0 Å². The highest BCUT2D eigenvalue weighted by molar-refractivity contribution is 7.86. The van der Waals surface area contributed by atoms with Crippen molar-refractivity contribution in [3.8, 4) is 23.0 Å². The topological polar surface area (TPSA) is 168 Å². The van der Waals surface area contributed by atoms with Gasteiger partial charge in [-0.15, -0.1) is 0 Å². The Bertz CT molecular complexity index is 1640. The molecule has 0 saturated heterocycles. The molecular formula is C29H29Cl2F2NO11S. The molecule has 1 aliphatic carbocycles. The lowest BCUT2D eigenvalue weighted by Gasteiger charge is -2.21. The summed E-state index contributed by atoms with van der Waals surface area (Å²) in [5.74, 6) is -1.97. The monoisotopic (exact) mass is 707 g/mol. The highest BCUT2D eigenvalue weighted by Gasteiger charge is 2.27. The maximum atomic E-state index is 13.1. The van der Waals surface area contributed by atoms with E-state index < -0.39 is 41.4 Å². The second-order valence-corrected chi connectivity index (χ2v) is 12.3. The number of hydrogen-bond donors (Lipinski definition) is 0. The predicted octanol–water partition coefficient (Wildman–Crippen LogP) is 5.05. The van der Waals surface area contributed by atoms with Crippen molar-refractivity contribution in [2.45, 2.75) is 32.0 Å². The van der Waals surface area contributed by atoms with Gasteiger partial charge in [0.1, 0.15) is 33.2 Å². The molecule has 1 aliphatic rings. The molecule has 2 aromatic carbocycles. The Morgan fingerprint density at radius 2 is 1.72 bits per heavy atom. The first kappa shape index (κ1) is 36.5. The van der Waals surface area contributed by atoms with Gasteiger partial charge in [0.05, 0.1) is 20.0 Å². The molecule has 0 radical (unpaired) electrons. The number of H-pyrrole nitrogens is 1. The van der Waals surface area contributed by atoms with Crippen LogP contribution in [0.5, 0.6) is 23.0 Å². The number of rotatable bonds is 15. The summed E-state index contributed by atoms with van der Waals surface area (Å²) in [4.78, 5) is 28.5. The molecule has 1 saturated carbocycles. The van der Waals surface area contributed by atoms with Crippen LogP contribution in [0.25, 0.3) is 0 Å². The minimum atomic E-state index is -3.83. The quantitative estimate of drug-likeness (QED) is 0.153. The zero-order valence-electron chi connectivity index (χ0n) is 24.3. The zero-order chi connectivity index (χ0) is 32.7. The van der Waals surface area contributed by atoms with Crippen molar-refractivity contribution in [2.24, 2.45) is 5.92 Å². The first-order valence-electron chi connectivity index (χ1n) is 13.3. The highest BCUT2D eigenvalue weighted by atomic mass is 35.5. The molecule has 4 rings (SSSR count). The fourth-order valence-electron chi connectivity index (χ4n) is 4.07. The molecule has 3 aromatic rings. The van der Waals surface area contributed by atoms with Crippen molar-refractivity contribution in [3.05, 3.63) is 75.5 Å². The van der Waals surface area contributed by atoms with Crippen LogP contribution in [0.3, 0.4) is 0 Å². The van der Waals surface area contributed by atoms with Crippen LogP contribution < -0.4 is 23.4 Å². The number of ether oxygens (including phenoxy) is 5. The van der Waals surface area contributed by atoms with E-state index in [1.165, 1.54) is 55.9 Å². The Labute approximate surface area is 272 Å². The fraction of sp³-hybridized carbons (Fsp3) is 0.345. The van der Waals surface area contributed by atoms with Gasteiger partial charge in [-0.25, -0.2) is 14.6 Å². The number of esters is 2. The van der Waals surface area contributed by atoms with Crippen molar-refractivity contribution < 1.29 is 65.1 Å². The fourth-order valence-corrected chi connectivity index (χ4v) is 5.05. The van der Waals surface area contributed by atoms with Gasteiger partial charge in [0.25, 0.3) is 0 Å². The van der Waals surface area contributed by atoms with Crippen LogP contribution in [0, 0.1) is 5.92 Å². The average Bonchev–Trinajstić information content (AvgIpc) is 3.80. The molecule has 1 atom stereocenters. The summed E-state index contributed by atoms with van der Waals surface area (Å²) in [6.45, 7) is -3.63. The van der Waals surface area contributed by atoms with Crippen molar-refractivity contribution in [3.63, 3.8) is 0 Å². The summed E-state index contributed by atoms with van der Waals surface area (Å²) in [7, 11) is -2.59. The average molecular weight is 709 g/mol. The first-order valence-corrected chi connectivity index (χ1v) is 15.9. The summed E-state index contributed by atoms with van der Waals surface area (Å²) < 4.78 is 80.1. The molecule has 1 fully saturated rings. The summed E-state index contributed by atoms with van der Waals surface area (Å²) >= 11 is 12.7. The van der Waals surface area contributed by atoms with Crippen LogP contribution >= 0.6 is 23.2 Å². The van der Waals surface area contributed by atoms with Crippen LogP contribution in [-0.2, 0) is 30.8 Å². The molecule has 1 aromatic heterocycles. The third-order valence-electron chi connectivity index (χ3n) is 6.35. The minimum absolute atomic E-state index is 0. The number of aromatic nitrogens is 1. The van der Waals surface area contributed by atoms with Crippen molar-refractivity contribution in [2.75, 3.05) is 26.6 Å². The molecule has 46 heavy (non-hydrogen) atoms. The first-order chi connectivity index (χ1) is 21.3. The van der Waals surface area contributed by atoms with E-state index >= 15 is 0 Å². The van der Waals surface area contributed by atoms with E-state index in [4.69, 9.17) is 46.3 Å². The number of halogens is 4. The molecule has 0 bridgehead atoms. The molecule has 17 heteroatoms. The van der Waals surface area contributed by atoms with Crippen LogP contribution in [0.4, 0.5) is 8.78 Å². The van der Waals surface area contributed by atoms with E-state index in [9.17, 15) is 26.8 Å². The number of carbonyl (C=O) groups excluding carboxylic acids is 2. The lowest BCUT2D eigenvalue weighted by molar-refractivity contribution is -0.377. The van der Waals surface area contributed by atoms with E-state index in [-0.39, 0.29) is 50.5 Å². The summed E-state index contributed by atoms with van der Waals surface area (Å²) in [5, 5.41) is 0.487. The highest BCUT2D eigenvalue weighted by Crippen LogP contribution is 2.38. The molecule has 0 amide bonds. The van der Waals surface area contributed by atoms with Crippen LogP contribution in [0.2, 0.25) is 10.0 Å². The van der Waals surface area contributed by atoms with Gasteiger partial charge in [-0.1, -0.05) is 29.3 Å². The van der Waals surface area contributed by atoms with Gasteiger partial charge in [0.2, 0.25) is 0 Å². The molecule has 0 aliphatic heterocycles. The predicted molar refractivity (Wildman–Crippen MR) is 158 cm³/mol. The molecule has 2 N–H and O–H groups in total. The van der Waals surface area contributed by atoms with Crippen LogP contribution in [0.1, 0.15) is 40.4 Å². The molecule has 12 nitrogen and oxygen atoms in total. The van der Waals surface area contributed by atoms with E-state index in [0.29, 0.717) is 23.7 Å². The normalized spacial score (nSPS) is 13.3. The molecule has 250 valence electrons.